The number of carbonyl (C=O) groups is 2. The lowest BCUT2D eigenvalue weighted by atomic mass is 9.84. The van der Waals surface area contributed by atoms with E-state index in [9.17, 15) is 19.8 Å². The molecule has 0 saturated carbocycles. The lowest BCUT2D eigenvalue weighted by Gasteiger charge is -2.26. The van der Waals surface area contributed by atoms with Gasteiger partial charge in [0.15, 0.2) is 0 Å². The van der Waals surface area contributed by atoms with Crippen LogP contribution in [-0.4, -0.2) is 36.1 Å². The summed E-state index contributed by atoms with van der Waals surface area (Å²) in [5, 5.41) is 22.0. The molecule has 7 heteroatoms. The Morgan fingerprint density at radius 1 is 0.917 bits per heavy atom. The number of phenolic OH excluding ortho intramolecular Hbond substituents is 1. The van der Waals surface area contributed by atoms with Crippen LogP contribution in [0.25, 0.3) is 5.76 Å². The number of carbonyl (C=O) groups excluding carboxylic acids is 2. The minimum atomic E-state index is -0.968. The maximum absolute atomic E-state index is 13.4. The average molecular weight is 488 g/mol. The number of Topliss-reactive ketones (excluding diaryl/α,β-unsaturated/α-hetero) is 1. The third-order valence-electron chi connectivity index (χ3n) is 6.30. The molecule has 0 aliphatic carbocycles. The van der Waals surface area contributed by atoms with Crippen LogP contribution >= 0.6 is 0 Å². The zero-order valence-corrected chi connectivity index (χ0v) is 20.9. The average Bonchev–Trinajstić information content (AvgIpc) is 3.13. The van der Waals surface area contributed by atoms with Gasteiger partial charge in [0, 0.05) is 11.1 Å². The van der Waals surface area contributed by atoms with Crippen LogP contribution < -0.4 is 14.4 Å². The van der Waals surface area contributed by atoms with Crippen LogP contribution in [-0.2, 0) is 15.0 Å². The summed E-state index contributed by atoms with van der Waals surface area (Å²) in [6.45, 7) is 6.05. The molecule has 1 aliphatic heterocycles. The Balaban J connectivity index is 1.97. The molecule has 0 spiro atoms. The van der Waals surface area contributed by atoms with Crippen LogP contribution in [0.15, 0.2) is 72.3 Å². The third-order valence-corrected chi connectivity index (χ3v) is 6.30. The van der Waals surface area contributed by atoms with Crippen molar-refractivity contribution in [2.45, 2.75) is 32.2 Å². The van der Waals surface area contributed by atoms with Gasteiger partial charge in [0.05, 0.1) is 31.5 Å². The van der Waals surface area contributed by atoms with Crippen LogP contribution in [0.4, 0.5) is 5.69 Å². The molecule has 186 valence electrons. The van der Waals surface area contributed by atoms with E-state index >= 15 is 0 Å². The highest BCUT2D eigenvalue weighted by Gasteiger charge is 2.47. The quantitative estimate of drug-likeness (QED) is 0.287. The third kappa shape index (κ3) is 4.28. The molecule has 36 heavy (non-hydrogen) atoms. The number of amides is 1. The maximum Gasteiger partial charge on any atom is 0.300 e. The predicted octanol–water partition coefficient (Wildman–Crippen LogP) is 5.33. The fraction of sp³-hybridized carbons (Fsp3) is 0.241. The second-order valence-corrected chi connectivity index (χ2v) is 9.60. The molecular weight excluding hydrogens is 458 g/mol. The van der Waals surface area contributed by atoms with Crippen LogP contribution in [0, 0.1) is 0 Å². The highest BCUT2D eigenvalue weighted by atomic mass is 16.5. The summed E-state index contributed by atoms with van der Waals surface area (Å²) in [7, 11) is 3.12. The van der Waals surface area contributed by atoms with Crippen molar-refractivity contribution in [1.29, 1.82) is 0 Å². The highest BCUT2D eigenvalue weighted by Crippen LogP contribution is 2.45. The number of rotatable bonds is 5. The number of ether oxygens (including phenoxy) is 2. The lowest BCUT2D eigenvalue weighted by molar-refractivity contribution is -0.132. The Hall–Kier alpha value is -4.26. The van der Waals surface area contributed by atoms with Crippen molar-refractivity contribution in [3.05, 3.63) is 89.0 Å². The van der Waals surface area contributed by atoms with Gasteiger partial charge in [-0.3, -0.25) is 14.5 Å². The summed E-state index contributed by atoms with van der Waals surface area (Å²) in [6.07, 6.45) is 0. The van der Waals surface area contributed by atoms with Gasteiger partial charge in [-0.2, -0.15) is 0 Å². The zero-order valence-electron chi connectivity index (χ0n) is 20.9. The SMILES string of the molecule is COc1ccc(C2/C(=C(/O)c3ccc(OC)c(C(C)(C)C)c3)C(=O)C(=O)N2c2ccccc2O)cc1. The number of aliphatic hydroxyl groups is 1. The molecule has 1 atom stereocenters. The van der Waals surface area contributed by atoms with Crippen molar-refractivity contribution in [2.75, 3.05) is 19.1 Å². The minimum Gasteiger partial charge on any atom is -0.507 e. The standard InChI is InChI=1S/C29H29NO6/c1-29(2,3)20-16-18(12-15-23(20)36-5)26(32)24-25(17-10-13-19(35-4)14-11-17)30(28(34)27(24)33)21-8-6-7-9-22(21)31/h6-16,25,31-32H,1-5H3/b26-24-. The van der Waals surface area contributed by atoms with Gasteiger partial charge in [-0.15, -0.1) is 0 Å². The minimum absolute atomic E-state index is 0.0709. The van der Waals surface area contributed by atoms with Gasteiger partial charge in [-0.1, -0.05) is 45.0 Å². The van der Waals surface area contributed by atoms with E-state index in [1.54, 1.807) is 74.9 Å². The Morgan fingerprint density at radius 2 is 1.58 bits per heavy atom. The number of aromatic hydroxyl groups is 1. The van der Waals surface area contributed by atoms with Crippen LogP contribution in [0.1, 0.15) is 43.5 Å². The van der Waals surface area contributed by atoms with E-state index in [1.807, 2.05) is 20.8 Å². The first-order valence-corrected chi connectivity index (χ1v) is 11.5. The fourth-order valence-electron chi connectivity index (χ4n) is 4.45. The summed E-state index contributed by atoms with van der Waals surface area (Å²) in [6, 6.07) is 17.4. The van der Waals surface area contributed by atoms with E-state index in [2.05, 4.69) is 0 Å². The second-order valence-electron chi connectivity index (χ2n) is 9.60. The first-order chi connectivity index (χ1) is 17.1. The molecule has 0 radical (unpaired) electrons. The molecule has 3 aromatic carbocycles. The number of nitrogens with zero attached hydrogens (tertiary/aromatic N) is 1. The largest absolute Gasteiger partial charge is 0.507 e. The topological polar surface area (TPSA) is 96.3 Å². The molecule has 1 heterocycles. The Bertz CT molecular complexity index is 1350. The number of hydrogen-bond donors (Lipinski definition) is 2. The summed E-state index contributed by atoms with van der Waals surface area (Å²) in [5.74, 6) is -0.894. The number of aliphatic hydroxyl groups excluding tert-OH is 1. The van der Waals surface area contributed by atoms with E-state index in [0.29, 0.717) is 22.6 Å². The maximum atomic E-state index is 13.4. The lowest BCUT2D eigenvalue weighted by Crippen LogP contribution is -2.29. The number of phenols is 1. The number of methoxy groups -OCH3 is 2. The normalized spacial score (nSPS) is 17.4. The first kappa shape index (κ1) is 24.9. The number of anilines is 1. The van der Waals surface area contributed by atoms with E-state index in [0.717, 1.165) is 5.56 Å². The molecule has 1 amide bonds. The van der Waals surface area contributed by atoms with Crippen LogP contribution in [0.5, 0.6) is 17.2 Å². The zero-order chi connectivity index (χ0) is 26.2. The molecule has 7 nitrogen and oxygen atoms in total. The second kappa shape index (κ2) is 9.41. The van der Waals surface area contributed by atoms with Crippen molar-refractivity contribution in [3.63, 3.8) is 0 Å². The van der Waals surface area contributed by atoms with Crippen molar-refractivity contribution in [3.8, 4) is 17.2 Å². The van der Waals surface area contributed by atoms with E-state index in [-0.39, 0.29) is 28.2 Å². The summed E-state index contributed by atoms with van der Waals surface area (Å²) < 4.78 is 10.8. The van der Waals surface area contributed by atoms with Gasteiger partial charge < -0.3 is 19.7 Å². The van der Waals surface area contributed by atoms with Crippen molar-refractivity contribution >= 4 is 23.1 Å². The van der Waals surface area contributed by atoms with Crippen molar-refractivity contribution < 1.29 is 29.3 Å². The number of hydrogen-bond acceptors (Lipinski definition) is 6. The van der Waals surface area contributed by atoms with E-state index < -0.39 is 17.7 Å². The Morgan fingerprint density at radius 3 is 2.17 bits per heavy atom. The smallest absolute Gasteiger partial charge is 0.300 e. The summed E-state index contributed by atoms with van der Waals surface area (Å²) in [5.41, 5.74) is 1.59. The van der Waals surface area contributed by atoms with E-state index in [1.165, 1.54) is 11.0 Å². The van der Waals surface area contributed by atoms with Crippen molar-refractivity contribution in [1.82, 2.24) is 0 Å². The first-order valence-electron chi connectivity index (χ1n) is 11.5. The fourth-order valence-corrected chi connectivity index (χ4v) is 4.45. The molecule has 1 aliphatic rings. The van der Waals surface area contributed by atoms with Gasteiger partial charge in [0.1, 0.15) is 23.0 Å². The molecule has 3 aromatic rings. The molecule has 1 unspecified atom stereocenters. The monoisotopic (exact) mass is 487 g/mol. The molecule has 2 N–H and O–H groups in total. The molecule has 0 bridgehead atoms. The van der Waals surface area contributed by atoms with Crippen LogP contribution in [0.3, 0.4) is 0 Å². The van der Waals surface area contributed by atoms with Gasteiger partial charge in [-0.25, -0.2) is 0 Å². The van der Waals surface area contributed by atoms with Crippen LogP contribution in [0.2, 0.25) is 0 Å². The predicted molar refractivity (Wildman–Crippen MR) is 138 cm³/mol. The molecule has 1 fully saturated rings. The van der Waals surface area contributed by atoms with Gasteiger partial charge in [0.2, 0.25) is 0 Å². The summed E-state index contributed by atoms with van der Waals surface area (Å²) in [4.78, 5) is 27.9. The molecular formula is C29H29NO6. The van der Waals surface area contributed by atoms with Gasteiger partial charge >= 0.3 is 0 Å². The molecule has 1 saturated heterocycles. The number of ketones is 1. The number of para-hydroxylation sites is 2. The molecule has 4 rings (SSSR count). The Kier molecular flexibility index (Phi) is 6.50. The highest BCUT2D eigenvalue weighted by molar-refractivity contribution is 6.51. The van der Waals surface area contributed by atoms with Crippen molar-refractivity contribution in [2.24, 2.45) is 0 Å². The summed E-state index contributed by atoms with van der Waals surface area (Å²) >= 11 is 0. The number of benzene rings is 3. The van der Waals surface area contributed by atoms with E-state index in [4.69, 9.17) is 9.47 Å². The van der Waals surface area contributed by atoms with Gasteiger partial charge in [-0.05, 0) is 53.4 Å². The Labute approximate surface area is 210 Å². The molecule has 0 aromatic heterocycles. The van der Waals surface area contributed by atoms with Gasteiger partial charge in [0.25, 0.3) is 11.7 Å².